The molecule has 0 saturated heterocycles. The molecule has 0 atom stereocenters. The lowest BCUT2D eigenvalue weighted by Gasteiger charge is -2.11. The average Bonchev–Trinajstić information content (AvgIpc) is 3.04. The maximum absolute atomic E-state index is 13.2. The van der Waals surface area contributed by atoms with Crippen LogP contribution in [0.3, 0.4) is 0 Å². The first-order valence-electron chi connectivity index (χ1n) is 7.39. The van der Waals surface area contributed by atoms with Crippen molar-refractivity contribution in [3.63, 3.8) is 0 Å². The van der Waals surface area contributed by atoms with E-state index in [-0.39, 0.29) is 23.8 Å². The van der Waals surface area contributed by atoms with Crippen LogP contribution in [0.1, 0.15) is 0 Å². The molecule has 0 radical (unpaired) electrons. The zero-order chi connectivity index (χ0) is 18.5. The number of aromatic nitrogens is 4. The van der Waals surface area contributed by atoms with E-state index in [1.54, 1.807) is 12.1 Å². The topological polar surface area (TPSA) is 81.9 Å². The van der Waals surface area contributed by atoms with Gasteiger partial charge in [-0.25, -0.2) is 4.39 Å². The number of nitrogens with one attached hydrogen (secondary N) is 1. The maximum atomic E-state index is 13.2. The number of alkyl halides is 2. The number of hydrogen-bond acceptors (Lipinski definition) is 5. The number of carbonyl (C=O) groups excluding carboxylic acids is 1. The Morgan fingerprint density at radius 3 is 2.77 bits per heavy atom. The van der Waals surface area contributed by atoms with Crippen molar-refractivity contribution < 1.29 is 22.7 Å². The minimum absolute atomic E-state index is 0.0864. The molecular formula is C16H12F3N5O2. The summed E-state index contributed by atoms with van der Waals surface area (Å²) in [7, 11) is 0. The molecule has 0 aliphatic carbocycles. The fraction of sp³-hybridized carbons (Fsp3) is 0.125. The number of nitrogens with zero attached hydrogens (tertiary/aromatic N) is 4. The first kappa shape index (κ1) is 17.4. The second kappa shape index (κ2) is 7.64. The molecule has 0 aliphatic heterocycles. The summed E-state index contributed by atoms with van der Waals surface area (Å²) in [6, 6.07) is 11.4. The van der Waals surface area contributed by atoms with E-state index in [4.69, 9.17) is 0 Å². The van der Waals surface area contributed by atoms with E-state index in [9.17, 15) is 18.0 Å². The van der Waals surface area contributed by atoms with Gasteiger partial charge in [-0.2, -0.15) is 13.6 Å². The molecule has 3 rings (SSSR count). The fourth-order valence-electron chi connectivity index (χ4n) is 2.14. The van der Waals surface area contributed by atoms with Crippen LogP contribution in [-0.4, -0.2) is 32.7 Å². The molecule has 2 aromatic carbocycles. The standard InChI is InChI=1S/C16H12F3N5O2/c17-11-5-3-4-10(8-11)15-21-23-24(22-15)9-14(25)20-12-6-1-2-7-13(12)26-16(18)19/h1-8,16H,9H2,(H,20,25). The molecule has 0 bridgehead atoms. The summed E-state index contributed by atoms with van der Waals surface area (Å²) in [4.78, 5) is 13.1. The molecule has 1 aromatic heterocycles. The van der Waals surface area contributed by atoms with Gasteiger partial charge >= 0.3 is 6.61 Å². The molecule has 1 amide bonds. The summed E-state index contributed by atoms with van der Waals surface area (Å²) in [6.07, 6.45) is 0. The largest absolute Gasteiger partial charge is 0.433 e. The Hall–Kier alpha value is -3.43. The minimum atomic E-state index is -3.01. The van der Waals surface area contributed by atoms with Crippen LogP contribution in [0.5, 0.6) is 5.75 Å². The highest BCUT2D eigenvalue weighted by Crippen LogP contribution is 2.25. The lowest BCUT2D eigenvalue weighted by molar-refractivity contribution is -0.117. The van der Waals surface area contributed by atoms with E-state index >= 15 is 0 Å². The van der Waals surface area contributed by atoms with E-state index in [0.29, 0.717) is 5.56 Å². The quantitative estimate of drug-likeness (QED) is 0.728. The molecule has 26 heavy (non-hydrogen) atoms. The third-order valence-electron chi connectivity index (χ3n) is 3.20. The smallest absolute Gasteiger partial charge is 0.387 e. The molecular weight excluding hydrogens is 351 g/mol. The normalized spacial score (nSPS) is 10.8. The number of tetrazole rings is 1. The Kier molecular flexibility index (Phi) is 5.11. The molecule has 1 heterocycles. The summed E-state index contributed by atoms with van der Waals surface area (Å²) in [5, 5.41) is 13.9. The number of halogens is 3. The van der Waals surface area contributed by atoms with Crippen LogP contribution < -0.4 is 10.1 Å². The number of amides is 1. The maximum Gasteiger partial charge on any atom is 0.387 e. The molecule has 7 nitrogen and oxygen atoms in total. The zero-order valence-electron chi connectivity index (χ0n) is 13.1. The van der Waals surface area contributed by atoms with Gasteiger partial charge in [-0.05, 0) is 29.5 Å². The first-order chi connectivity index (χ1) is 12.5. The Bertz CT molecular complexity index is 916. The summed E-state index contributed by atoms with van der Waals surface area (Å²) in [6.45, 7) is -3.33. The molecule has 134 valence electrons. The number of carbonyl (C=O) groups is 1. The fourth-order valence-corrected chi connectivity index (χ4v) is 2.14. The van der Waals surface area contributed by atoms with E-state index in [2.05, 4.69) is 25.5 Å². The van der Waals surface area contributed by atoms with Crippen molar-refractivity contribution >= 4 is 11.6 Å². The number of anilines is 1. The lowest BCUT2D eigenvalue weighted by atomic mass is 10.2. The van der Waals surface area contributed by atoms with Crippen LogP contribution >= 0.6 is 0 Å². The molecule has 0 unspecified atom stereocenters. The number of para-hydroxylation sites is 2. The molecule has 3 aromatic rings. The van der Waals surface area contributed by atoms with Gasteiger partial charge in [0, 0.05) is 5.56 Å². The SMILES string of the molecule is O=C(Cn1nnc(-c2cccc(F)c2)n1)Nc1ccccc1OC(F)F. The van der Waals surface area contributed by atoms with Crippen molar-refractivity contribution in [2.75, 3.05) is 5.32 Å². The van der Waals surface area contributed by atoms with Gasteiger partial charge in [0.15, 0.2) is 0 Å². The Morgan fingerprint density at radius 1 is 1.19 bits per heavy atom. The number of hydrogen-bond donors (Lipinski definition) is 1. The minimum Gasteiger partial charge on any atom is -0.433 e. The predicted molar refractivity (Wildman–Crippen MR) is 84.9 cm³/mol. The second-order valence-electron chi connectivity index (χ2n) is 5.08. The number of benzene rings is 2. The van der Waals surface area contributed by atoms with E-state index in [0.717, 1.165) is 4.80 Å². The van der Waals surface area contributed by atoms with Crippen LogP contribution in [-0.2, 0) is 11.3 Å². The summed E-state index contributed by atoms with van der Waals surface area (Å²) in [5.41, 5.74) is 0.496. The van der Waals surface area contributed by atoms with E-state index in [1.807, 2.05) is 0 Å². The van der Waals surface area contributed by atoms with Gasteiger partial charge in [0.2, 0.25) is 11.7 Å². The molecule has 0 saturated carbocycles. The van der Waals surface area contributed by atoms with Crippen molar-refractivity contribution in [1.82, 2.24) is 20.2 Å². The van der Waals surface area contributed by atoms with Gasteiger partial charge in [-0.15, -0.1) is 10.2 Å². The number of ether oxygens (including phenoxy) is 1. The molecule has 0 fully saturated rings. The Labute approximate surface area is 145 Å². The van der Waals surface area contributed by atoms with Gasteiger partial charge in [-0.3, -0.25) is 4.79 Å². The van der Waals surface area contributed by atoms with Crippen LogP contribution in [0, 0.1) is 5.82 Å². The Balaban J connectivity index is 1.68. The summed E-state index contributed by atoms with van der Waals surface area (Å²) < 4.78 is 42.3. The monoisotopic (exact) mass is 363 g/mol. The van der Waals surface area contributed by atoms with Crippen molar-refractivity contribution in [3.05, 3.63) is 54.3 Å². The van der Waals surface area contributed by atoms with Gasteiger partial charge in [-0.1, -0.05) is 24.3 Å². The van der Waals surface area contributed by atoms with E-state index < -0.39 is 18.3 Å². The van der Waals surface area contributed by atoms with Gasteiger partial charge < -0.3 is 10.1 Å². The van der Waals surface area contributed by atoms with Gasteiger partial charge in [0.1, 0.15) is 18.1 Å². The average molecular weight is 363 g/mol. The third-order valence-corrected chi connectivity index (χ3v) is 3.20. The van der Waals surface area contributed by atoms with Crippen molar-refractivity contribution in [3.8, 4) is 17.1 Å². The highest BCUT2D eigenvalue weighted by molar-refractivity contribution is 5.92. The van der Waals surface area contributed by atoms with Crippen LogP contribution in [0.25, 0.3) is 11.4 Å². The third kappa shape index (κ3) is 4.35. The van der Waals surface area contributed by atoms with E-state index in [1.165, 1.54) is 36.4 Å². The zero-order valence-corrected chi connectivity index (χ0v) is 13.1. The predicted octanol–water partition coefficient (Wildman–Crippen LogP) is 2.72. The van der Waals surface area contributed by atoms with Crippen LogP contribution in [0.2, 0.25) is 0 Å². The summed E-state index contributed by atoms with van der Waals surface area (Å²) in [5.74, 6) is -1.03. The number of rotatable bonds is 6. The Morgan fingerprint density at radius 2 is 2.00 bits per heavy atom. The van der Waals surface area contributed by atoms with Gasteiger partial charge in [0.05, 0.1) is 5.69 Å². The molecule has 1 N–H and O–H groups in total. The van der Waals surface area contributed by atoms with Gasteiger partial charge in [0.25, 0.3) is 0 Å². The van der Waals surface area contributed by atoms with Crippen molar-refractivity contribution in [2.24, 2.45) is 0 Å². The van der Waals surface area contributed by atoms with Crippen LogP contribution in [0.4, 0.5) is 18.9 Å². The highest BCUT2D eigenvalue weighted by atomic mass is 19.3. The molecule has 0 aliphatic rings. The van der Waals surface area contributed by atoms with Crippen molar-refractivity contribution in [2.45, 2.75) is 13.2 Å². The van der Waals surface area contributed by atoms with Crippen LogP contribution in [0.15, 0.2) is 48.5 Å². The lowest BCUT2D eigenvalue weighted by Crippen LogP contribution is -2.21. The highest BCUT2D eigenvalue weighted by Gasteiger charge is 2.13. The molecule has 0 spiro atoms. The molecule has 10 heteroatoms. The summed E-state index contributed by atoms with van der Waals surface area (Å²) >= 11 is 0. The first-order valence-corrected chi connectivity index (χ1v) is 7.39. The van der Waals surface area contributed by atoms with Crippen molar-refractivity contribution in [1.29, 1.82) is 0 Å². The second-order valence-corrected chi connectivity index (χ2v) is 5.08.